The number of rotatable bonds is 3. The summed E-state index contributed by atoms with van der Waals surface area (Å²) in [5, 5.41) is 4.45. The number of anilines is 2. The molecular formula is C22H20FN3O3. The van der Waals surface area contributed by atoms with Gasteiger partial charge in [-0.25, -0.2) is 4.39 Å². The third kappa shape index (κ3) is 3.18. The molecule has 0 saturated carbocycles. The Morgan fingerprint density at radius 3 is 2.79 bits per heavy atom. The Bertz CT molecular complexity index is 1140. The van der Waals surface area contributed by atoms with Crippen LogP contribution in [0.3, 0.4) is 0 Å². The molecule has 1 N–H and O–H groups in total. The molecule has 0 atom stereocenters. The Morgan fingerprint density at radius 2 is 2.00 bits per heavy atom. The van der Waals surface area contributed by atoms with E-state index in [4.69, 9.17) is 4.74 Å². The molecule has 3 aromatic rings. The molecule has 2 heterocycles. The molecule has 2 amide bonds. The van der Waals surface area contributed by atoms with Crippen LogP contribution in [0, 0.1) is 12.7 Å². The van der Waals surface area contributed by atoms with Crippen LogP contribution in [0.15, 0.2) is 48.7 Å². The molecule has 1 aliphatic heterocycles. The first-order valence-corrected chi connectivity index (χ1v) is 9.20. The molecule has 29 heavy (non-hydrogen) atoms. The first kappa shape index (κ1) is 18.9. The summed E-state index contributed by atoms with van der Waals surface area (Å²) in [5.41, 5.74) is 0.408. The fraction of sp³-hybridized carbons (Fsp3) is 0.227. The van der Waals surface area contributed by atoms with Crippen molar-refractivity contribution in [3.63, 3.8) is 0 Å². The van der Waals surface area contributed by atoms with E-state index in [1.165, 1.54) is 23.1 Å². The summed E-state index contributed by atoms with van der Waals surface area (Å²) in [4.78, 5) is 31.2. The highest BCUT2D eigenvalue weighted by Crippen LogP contribution is 2.37. The van der Waals surface area contributed by atoms with Crippen molar-refractivity contribution in [2.75, 3.05) is 16.8 Å². The lowest BCUT2D eigenvalue weighted by molar-refractivity contribution is -0.127. The number of pyridine rings is 1. The highest BCUT2D eigenvalue weighted by atomic mass is 19.1. The molecule has 0 unspecified atom stereocenters. The maximum Gasteiger partial charge on any atom is 0.265 e. The lowest BCUT2D eigenvalue weighted by atomic mass is 9.96. The highest BCUT2D eigenvalue weighted by Gasteiger charge is 2.43. The van der Waals surface area contributed by atoms with E-state index in [1.54, 1.807) is 26.1 Å². The molecule has 0 fully saturated rings. The number of carbonyl (C=O) groups excluding carboxylic acids is 2. The zero-order valence-electron chi connectivity index (χ0n) is 16.3. The van der Waals surface area contributed by atoms with Crippen LogP contribution in [0.1, 0.15) is 19.5 Å². The molecule has 7 heteroatoms. The van der Waals surface area contributed by atoms with Crippen LogP contribution in [0.4, 0.5) is 15.8 Å². The maximum absolute atomic E-state index is 13.6. The minimum Gasteiger partial charge on any atom is -0.483 e. The van der Waals surface area contributed by atoms with Crippen molar-refractivity contribution in [3.05, 3.63) is 60.2 Å². The third-order valence-corrected chi connectivity index (χ3v) is 5.13. The van der Waals surface area contributed by atoms with E-state index in [0.717, 1.165) is 16.5 Å². The van der Waals surface area contributed by atoms with Gasteiger partial charge in [0.05, 0.1) is 11.4 Å². The first-order chi connectivity index (χ1) is 13.8. The number of nitrogens with one attached hydrogen (secondary N) is 1. The van der Waals surface area contributed by atoms with Gasteiger partial charge in [-0.2, -0.15) is 0 Å². The van der Waals surface area contributed by atoms with Gasteiger partial charge in [0.25, 0.3) is 5.91 Å². The largest absolute Gasteiger partial charge is 0.483 e. The summed E-state index contributed by atoms with van der Waals surface area (Å²) in [6.45, 7) is 4.91. The van der Waals surface area contributed by atoms with Crippen molar-refractivity contribution < 1.29 is 18.7 Å². The number of halogens is 1. The average Bonchev–Trinajstić information content (AvgIpc) is 2.67. The minimum atomic E-state index is -1.15. The van der Waals surface area contributed by atoms with Crippen molar-refractivity contribution in [1.82, 2.24) is 4.98 Å². The fourth-order valence-electron chi connectivity index (χ4n) is 3.58. The number of aromatic nitrogens is 1. The lowest BCUT2D eigenvalue weighted by Gasteiger charge is -2.41. The van der Waals surface area contributed by atoms with E-state index < -0.39 is 23.2 Å². The number of amides is 2. The topological polar surface area (TPSA) is 71.5 Å². The molecule has 4 rings (SSSR count). The summed E-state index contributed by atoms with van der Waals surface area (Å²) < 4.78 is 19.4. The highest BCUT2D eigenvalue weighted by molar-refractivity contribution is 6.14. The van der Waals surface area contributed by atoms with Gasteiger partial charge in [-0.05, 0) is 51.1 Å². The molecule has 0 radical (unpaired) electrons. The van der Waals surface area contributed by atoms with Crippen molar-refractivity contribution in [1.29, 1.82) is 0 Å². The molecular weight excluding hydrogens is 373 g/mol. The molecule has 0 aliphatic carbocycles. The van der Waals surface area contributed by atoms with Crippen LogP contribution in [-0.2, 0) is 9.59 Å². The SMILES string of the molecule is Cc1nccc2c(OCC(=O)N3c4ccc(F)cc4NC(=O)C3(C)C)cccc12. The zero-order valence-corrected chi connectivity index (χ0v) is 16.3. The first-order valence-electron chi connectivity index (χ1n) is 9.20. The summed E-state index contributed by atoms with van der Waals surface area (Å²) >= 11 is 0. The van der Waals surface area contributed by atoms with Crippen molar-refractivity contribution in [2.45, 2.75) is 26.3 Å². The normalized spacial score (nSPS) is 15.0. The third-order valence-electron chi connectivity index (χ3n) is 5.13. The Balaban J connectivity index is 1.65. The van der Waals surface area contributed by atoms with Crippen LogP contribution in [0.2, 0.25) is 0 Å². The predicted molar refractivity (Wildman–Crippen MR) is 109 cm³/mol. The van der Waals surface area contributed by atoms with E-state index in [1.807, 2.05) is 25.1 Å². The van der Waals surface area contributed by atoms with Gasteiger partial charge in [-0.3, -0.25) is 19.5 Å². The second-order valence-corrected chi connectivity index (χ2v) is 7.44. The average molecular weight is 393 g/mol. The second kappa shape index (κ2) is 6.84. The van der Waals surface area contributed by atoms with E-state index in [9.17, 15) is 14.0 Å². The second-order valence-electron chi connectivity index (χ2n) is 7.44. The number of fused-ring (bicyclic) bond motifs is 2. The number of hydrogen-bond donors (Lipinski definition) is 1. The zero-order chi connectivity index (χ0) is 20.8. The summed E-state index contributed by atoms with van der Waals surface area (Å²) in [5.74, 6) is -0.733. The van der Waals surface area contributed by atoms with E-state index >= 15 is 0 Å². The van der Waals surface area contributed by atoms with Gasteiger partial charge in [-0.15, -0.1) is 0 Å². The van der Waals surface area contributed by atoms with Crippen LogP contribution < -0.4 is 15.0 Å². The van der Waals surface area contributed by atoms with Gasteiger partial charge in [0.2, 0.25) is 5.91 Å². The van der Waals surface area contributed by atoms with E-state index in [2.05, 4.69) is 10.3 Å². The molecule has 0 spiro atoms. The van der Waals surface area contributed by atoms with Crippen molar-refractivity contribution >= 4 is 34.0 Å². The number of hydrogen-bond acceptors (Lipinski definition) is 4. The van der Waals surface area contributed by atoms with Gasteiger partial charge in [-0.1, -0.05) is 12.1 Å². The van der Waals surface area contributed by atoms with Crippen LogP contribution in [0.25, 0.3) is 10.8 Å². The van der Waals surface area contributed by atoms with Crippen LogP contribution >= 0.6 is 0 Å². The fourth-order valence-corrected chi connectivity index (χ4v) is 3.58. The van der Waals surface area contributed by atoms with Crippen LogP contribution in [-0.4, -0.2) is 28.9 Å². The van der Waals surface area contributed by atoms with Crippen molar-refractivity contribution in [3.8, 4) is 5.75 Å². The molecule has 148 valence electrons. The van der Waals surface area contributed by atoms with E-state index in [-0.39, 0.29) is 12.3 Å². The predicted octanol–water partition coefficient (Wildman–Crippen LogP) is 3.83. The Labute approximate surface area is 167 Å². The maximum atomic E-state index is 13.6. The van der Waals surface area contributed by atoms with Gasteiger partial charge in [0.1, 0.15) is 17.1 Å². The molecule has 2 aromatic carbocycles. The van der Waals surface area contributed by atoms with Gasteiger partial charge < -0.3 is 10.1 Å². The summed E-state index contributed by atoms with van der Waals surface area (Å²) in [6.07, 6.45) is 1.69. The number of ether oxygens (including phenoxy) is 1. The monoisotopic (exact) mass is 393 g/mol. The van der Waals surface area contributed by atoms with Crippen LogP contribution in [0.5, 0.6) is 5.75 Å². The van der Waals surface area contributed by atoms with E-state index in [0.29, 0.717) is 11.4 Å². The summed E-state index contributed by atoms with van der Waals surface area (Å²) in [7, 11) is 0. The number of nitrogens with zero attached hydrogens (tertiary/aromatic N) is 2. The van der Waals surface area contributed by atoms with Gasteiger partial charge in [0, 0.05) is 22.7 Å². The Kier molecular flexibility index (Phi) is 4.45. The quantitative estimate of drug-likeness (QED) is 0.734. The minimum absolute atomic E-state index is 0.259. The number of carbonyl (C=O) groups is 2. The lowest BCUT2D eigenvalue weighted by Crippen LogP contribution is -2.59. The van der Waals surface area contributed by atoms with Gasteiger partial charge >= 0.3 is 0 Å². The molecule has 1 aromatic heterocycles. The number of benzene rings is 2. The molecule has 1 aliphatic rings. The Hall–Kier alpha value is -3.48. The smallest absolute Gasteiger partial charge is 0.265 e. The molecule has 0 saturated heterocycles. The Morgan fingerprint density at radius 1 is 1.21 bits per heavy atom. The standard InChI is InChI=1S/C22H20FN3O3/c1-13-15-5-4-6-19(16(15)9-10-24-13)29-12-20(27)26-18-8-7-14(23)11-17(18)25-21(28)22(26,2)3/h4-11H,12H2,1-3H3,(H,25,28). The summed E-state index contributed by atoms with van der Waals surface area (Å²) in [6, 6.07) is 11.3. The molecule has 6 nitrogen and oxygen atoms in total. The van der Waals surface area contributed by atoms with Gasteiger partial charge in [0.15, 0.2) is 6.61 Å². The van der Waals surface area contributed by atoms with Crippen molar-refractivity contribution in [2.24, 2.45) is 0 Å². The number of aryl methyl sites for hydroxylation is 1. The molecule has 0 bridgehead atoms.